The van der Waals surface area contributed by atoms with E-state index in [1.807, 2.05) is 36.9 Å². The second-order valence-electron chi connectivity index (χ2n) is 5.64. The smallest absolute Gasteiger partial charge is 0.337 e. The largest absolute Gasteiger partial charge is 0.394 e. The number of rotatable bonds is 4. The Balaban J connectivity index is 1.82. The molecule has 1 aliphatic rings. The van der Waals surface area contributed by atoms with E-state index in [4.69, 9.17) is 9.15 Å². The maximum Gasteiger partial charge on any atom is 0.337 e. The Labute approximate surface area is 135 Å². The molecule has 2 heterocycles. The molecule has 0 saturated carbocycles. The van der Waals surface area contributed by atoms with Crippen molar-refractivity contribution in [1.82, 2.24) is 10.2 Å². The first kappa shape index (κ1) is 15.9. The van der Waals surface area contributed by atoms with Crippen LogP contribution in [0.5, 0.6) is 0 Å². The van der Waals surface area contributed by atoms with Gasteiger partial charge in [0, 0.05) is 13.1 Å². The molecule has 8 heteroatoms. The lowest BCUT2D eigenvalue weighted by Gasteiger charge is -2.24. The zero-order chi connectivity index (χ0) is 16.4. The SMILES string of the molecule is Cc1ccc(C)c(CS(=O)(=O)c2nnc(N3CCOCC3)o2)c1. The number of morpholine rings is 1. The highest BCUT2D eigenvalue weighted by atomic mass is 32.2. The average Bonchev–Trinajstić information content (AvgIpc) is 3.02. The minimum atomic E-state index is -3.67. The Morgan fingerprint density at radius 3 is 2.65 bits per heavy atom. The van der Waals surface area contributed by atoms with E-state index >= 15 is 0 Å². The van der Waals surface area contributed by atoms with E-state index in [0.717, 1.165) is 16.7 Å². The Hall–Kier alpha value is -1.93. The van der Waals surface area contributed by atoms with Crippen LogP contribution in [0, 0.1) is 13.8 Å². The molecule has 0 bridgehead atoms. The van der Waals surface area contributed by atoms with Crippen molar-refractivity contribution in [3.8, 4) is 0 Å². The number of anilines is 1. The van der Waals surface area contributed by atoms with Gasteiger partial charge in [-0.15, -0.1) is 0 Å². The summed E-state index contributed by atoms with van der Waals surface area (Å²) in [7, 11) is -3.67. The van der Waals surface area contributed by atoms with Crippen LogP contribution in [-0.4, -0.2) is 44.9 Å². The zero-order valence-corrected chi connectivity index (χ0v) is 14.0. The molecule has 0 atom stereocenters. The lowest BCUT2D eigenvalue weighted by molar-refractivity contribution is 0.120. The van der Waals surface area contributed by atoms with E-state index in [2.05, 4.69) is 10.2 Å². The molecule has 1 aromatic carbocycles. The van der Waals surface area contributed by atoms with Crippen molar-refractivity contribution in [2.75, 3.05) is 31.2 Å². The van der Waals surface area contributed by atoms with E-state index in [1.165, 1.54) is 0 Å². The van der Waals surface area contributed by atoms with Crippen LogP contribution >= 0.6 is 0 Å². The molecule has 0 N–H and O–H groups in total. The van der Waals surface area contributed by atoms with Gasteiger partial charge >= 0.3 is 11.2 Å². The third-order valence-corrected chi connectivity index (χ3v) is 5.18. The van der Waals surface area contributed by atoms with Crippen LogP contribution in [0.25, 0.3) is 0 Å². The summed E-state index contributed by atoms with van der Waals surface area (Å²) in [5.74, 6) is -0.148. The lowest BCUT2D eigenvalue weighted by atomic mass is 10.1. The van der Waals surface area contributed by atoms with Crippen LogP contribution in [0.1, 0.15) is 16.7 Å². The molecule has 1 aliphatic heterocycles. The molecule has 1 fully saturated rings. The van der Waals surface area contributed by atoms with Gasteiger partial charge in [-0.25, -0.2) is 8.42 Å². The van der Waals surface area contributed by atoms with E-state index in [9.17, 15) is 8.42 Å². The minimum absolute atomic E-state index is 0.148. The van der Waals surface area contributed by atoms with Crippen molar-refractivity contribution in [3.05, 3.63) is 34.9 Å². The normalized spacial score (nSPS) is 15.8. The molecular formula is C15H19N3O4S. The summed E-state index contributed by atoms with van der Waals surface area (Å²) in [4.78, 5) is 1.83. The van der Waals surface area contributed by atoms with Crippen molar-refractivity contribution >= 4 is 15.9 Å². The topological polar surface area (TPSA) is 85.5 Å². The third kappa shape index (κ3) is 3.53. The van der Waals surface area contributed by atoms with Gasteiger partial charge in [-0.1, -0.05) is 34.0 Å². The first-order valence-corrected chi connectivity index (χ1v) is 9.06. The number of aromatic nitrogens is 2. The van der Waals surface area contributed by atoms with E-state index in [0.29, 0.717) is 26.3 Å². The molecule has 2 aromatic rings. The summed E-state index contributed by atoms with van der Waals surface area (Å²) >= 11 is 0. The van der Waals surface area contributed by atoms with Gasteiger partial charge in [-0.05, 0) is 25.0 Å². The average molecular weight is 337 g/mol. The molecule has 1 aromatic heterocycles. The van der Waals surface area contributed by atoms with Crippen molar-refractivity contribution in [2.45, 2.75) is 24.8 Å². The number of hydrogen-bond acceptors (Lipinski definition) is 7. The Morgan fingerprint density at radius 2 is 1.91 bits per heavy atom. The molecular weight excluding hydrogens is 318 g/mol. The Bertz CT molecular complexity index is 795. The third-order valence-electron chi connectivity index (χ3n) is 3.79. The molecule has 0 spiro atoms. The predicted molar refractivity (Wildman–Crippen MR) is 84.1 cm³/mol. The van der Waals surface area contributed by atoms with Gasteiger partial charge in [0.1, 0.15) is 0 Å². The number of nitrogens with zero attached hydrogens (tertiary/aromatic N) is 3. The monoisotopic (exact) mass is 337 g/mol. The zero-order valence-electron chi connectivity index (χ0n) is 13.2. The minimum Gasteiger partial charge on any atom is -0.394 e. The Kier molecular flexibility index (Phi) is 4.36. The van der Waals surface area contributed by atoms with E-state index < -0.39 is 9.84 Å². The van der Waals surface area contributed by atoms with Crippen LogP contribution < -0.4 is 4.90 Å². The predicted octanol–water partition coefficient (Wildman–Crippen LogP) is 1.50. The highest BCUT2D eigenvalue weighted by molar-refractivity contribution is 7.90. The van der Waals surface area contributed by atoms with Gasteiger partial charge in [0.25, 0.3) is 0 Å². The molecule has 0 radical (unpaired) electrons. The molecule has 7 nitrogen and oxygen atoms in total. The number of benzene rings is 1. The molecule has 1 saturated heterocycles. The standard InChI is InChI=1S/C15H19N3O4S/c1-11-3-4-12(2)13(9-11)10-23(19,20)15-17-16-14(22-15)18-5-7-21-8-6-18/h3-4,9H,5-8,10H2,1-2H3. The fraction of sp³-hybridized carbons (Fsp3) is 0.467. The quantitative estimate of drug-likeness (QED) is 0.835. The summed E-state index contributed by atoms with van der Waals surface area (Å²) in [6.07, 6.45) is 0. The fourth-order valence-electron chi connectivity index (χ4n) is 2.43. The first-order chi connectivity index (χ1) is 11.0. The van der Waals surface area contributed by atoms with Crippen LogP contribution in [0.2, 0.25) is 0 Å². The maximum absolute atomic E-state index is 12.5. The second-order valence-corrected chi connectivity index (χ2v) is 7.51. The second kappa shape index (κ2) is 6.29. The summed E-state index contributed by atoms with van der Waals surface area (Å²) < 4.78 is 35.7. The van der Waals surface area contributed by atoms with Crippen molar-refractivity contribution < 1.29 is 17.6 Å². The first-order valence-electron chi connectivity index (χ1n) is 7.41. The van der Waals surface area contributed by atoms with E-state index in [1.54, 1.807) is 0 Å². The summed E-state index contributed by atoms with van der Waals surface area (Å²) in [6, 6.07) is 5.96. The van der Waals surface area contributed by atoms with Gasteiger partial charge < -0.3 is 14.1 Å². The number of aryl methyl sites for hydroxylation is 2. The molecule has 0 aliphatic carbocycles. The number of hydrogen-bond donors (Lipinski definition) is 0. The molecule has 3 rings (SSSR count). The summed E-state index contributed by atoms with van der Waals surface area (Å²) in [5.41, 5.74) is 2.68. The lowest BCUT2D eigenvalue weighted by Crippen LogP contribution is -2.36. The Morgan fingerprint density at radius 1 is 1.17 bits per heavy atom. The van der Waals surface area contributed by atoms with Crippen LogP contribution in [0.15, 0.2) is 27.8 Å². The molecule has 124 valence electrons. The van der Waals surface area contributed by atoms with Crippen molar-refractivity contribution in [2.24, 2.45) is 0 Å². The number of ether oxygens (including phenoxy) is 1. The van der Waals surface area contributed by atoms with Crippen molar-refractivity contribution in [1.29, 1.82) is 0 Å². The van der Waals surface area contributed by atoms with Crippen molar-refractivity contribution in [3.63, 3.8) is 0 Å². The van der Waals surface area contributed by atoms with Gasteiger partial charge in [0.15, 0.2) is 0 Å². The van der Waals surface area contributed by atoms with Gasteiger partial charge in [-0.3, -0.25) is 0 Å². The highest BCUT2D eigenvalue weighted by Crippen LogP contribution is 2.22. The highest BCUT2D eigenvalue weighted by Gasteiger charge is 2.26. The van der Waals surface area contributed by atoms with Gasteiger partial charge in [0.2, 0.25) is 9.84 Å². The molecule has 0 amide bonds. The van der Waals surface area contributed by atoms with Gasteiger partial charge in [-0.2, -0.15) is 0 Å². The number of sulfone groups is 1. The molecule has 23 heavy (non-hydrogen) atoms. The fourth-order valence-corrected chi connectivity index (χ4v) is 3.64. The molecule has 0 unspecified atom stereocenters. The van der Waals surface area contributed by atoms with Crippen LogP contribution in [0.3, 0.4) is 0 Å². The van der Waals surface area contributed by atoms with Gasteiger partial charge in [0.05, 0.1) is 19.0 Å². The summed E-state index contributed by atoms with van der Waals surface area (Å²) in [6.45, 7) is 6.16. The van der Waals surface area contributed by atoms with Crippen LogP contribution in [0.4, 0.5) is 6.01 Å². The van der Waals surface area contributed by atoms with E-state index in [-0.39, 0.29) is 17.0 Å². The maximum atomic E-state index is 12.5. The summed E-state index contributed by atoms with van der Waals surface area (Å²) in [5, 5.41) is 7.25. The van der Waals surface area contributed by atoms with Crippen LogP contribution in [-0.2, 0) is 20.3 Å².